The van der Waals surface area contributed by atoms with Gasteiger partial charge in [0.2, 0.25) is 0 Å². The van der Waals surface area contributed by atoms with Crippen molar-refractivity contribution >= 4 is 0 Å². The van der Waals surface area contributed by atoms with E-state index in [0.717, 1.165) is 24.9 Å². The third kappa shape index (κ3) is 3.98. The molecule has 2 aliphatic rings. The van der Waals surface area contributed by atoms with Gasteiger partial charge in [0, 0.05) is 12.1 Å². The van der Waals surface area contributed by atoms with Gasteiger partial charge in [-0.15, -0.1) is 0 Å². The molecule has 0 radical (unpaired) electrons. The van der Waals surface area contributed by atoms with Crippen LogP contribution >= 0.6 is 0 Å². The topological polar surface area (TPSA) is 44.3 Å². The third-order valence-corrected chi connectivity index (χ3v) is 5.19. The maximum atomic E-state index is 9.32. The summed E-state index contributed by atoms with van der Waals surface area (Å²) in [5.41, 5.74) is 1.30. The van der Waals surface area contributed by atoms with Gasteiger partial charge < -0.3 is 15.7 Å². The van der Waals surface area contributed by atoms with E-state index in [9.17, 15) is 5.11 Å². The quantitative estimate of drug-likeness (QED) is 0.780. The highest BCUT2D eigenvalue weighted by molar-refractivity contribution is 5.26. The van der Waals surface area contributed by atoms with Crippen molar-refractivity contribution in [2.24, 2.45) is 5.92 Å². The van der Waals surface area contributed by atoms with Crippen molar-refractivity contribution in [1.82, 2.24) is 10.6 Å². The lowest BCUT2D eigenvalue weighted by Gasteiger charge is -2.36. The molecule has 3 nitrogen and oxygen atoms in total. The summed E-state index contributed by atoms with van der Waals surface area (Å²) in [6, 6.07) is 9.03. The van der Waals surface area contributed by atoms with Gasteiger partial charge in [0.25, 0.3) is 0 Å². The van der Waals surface area contributed by atoms with Crippen LogP contribution in [0.15, 0.2) is 24.3 Å². The van der Waals surface area contributed by atoms with Gasteiger partial charge in [-0.25, -0.2) is 0 Å². The summed E-state index contributed by atoms with van der Waals surface area (Å²) < 4.78 is 0. The molecule has 1 aliphatic carbocycles. The zero-order valence-corrected chi connectivity index (χ0v) is 12.9. The predicted octanol–water partition coefficient (Wildman–Crippen LogP) is 2.84. The highest BCUT2D eigenvalue weighted by atomic mass is 16.3. The molecule has 3 N–H and O–H groups in total. The summed E-state index contributed by atoms with van der Waals surface area (Å²) in [7, 11) is 0. The fourth-order valence-corrected chi connectivity index (χ4v) is 4.04. The van der Waals surface area contributed by atoms with Crippen molar-refractivity contribution in [2.75, 3.05) is 13.1 Å². The minimum atomic E-state index is 0.353. The summed E-state index contributed by atoms with van der Waals surface area (Å²) in [6.45, 7) is 2.25. The van der Waals surface area contributed by atoms with Crippen LogP contribution in [-0.2, 0) is 6.42 Å². The summed E-state index contributed by atoms with van der Waals surface area (Å²) in [4.78, 5) is 0. The van der Waals surface area contributed by atoms with Crippen molar-refractivity contribution in [3.05, 3.63) is 29.8 Å². The third-order valence-electron chi connectivity index (χ3n) is 5.19. The smallest absolute Gasteiger partial charge is 0.115 e. The molecule has 0 bridgehead atoms. The Kier molecular flexibility index (Phi) is 5.15. The minimum absolute atomic E-state index is 0.353. The lowest BCUT2D eigenvalue weighted by atomic mass is 9.79. The first-order chi connectivity index (χ1) is 10.3. The summed E-state index contributed by atoms with van der Waals surface area (Å²) in [5.74, 6) is 1.17. The molecule has 2 fully saturated rings. The van der Waals surface area contributed by atoms with E-state index in [1.807, 2.05) is 12.1 Å². The van der Waals surface area contributed by atoms with Gasteiger partial charge in [0.15, 0.2) is 0 Å². The molecule has 1 aromatic carbocycles. The Bertz CT molecular complexity index is 425. The Balaban J connectivity index is 1.49. The van der Waals surface area contributed by atoms with Gasteiger partial charge in [0.1, 0.15) is 5.75 Å². The molecule has 3 atom stereocenters. The van der Waals surface area contributed by atoms with Crippen LogP contribution in [0.4, 0.5) is 0 Å². The van der Waals surface area contributed by atoms with Gasteiger partial charge in [-0.05, 0) is 68.8 Å². The van der Waals surface area contributed by atoms with E-state index in [1.165, 1.54) is 50.6 Å². The zero-order chi connectivity index (χ0) is 14.5. The lowest BCUT2D eigenvalue weighted by Crippen LogP contribution is -2.47. The molecule has 0 amide bonds. The Labute approximate surface area is 128 Å². The van der Waals surface area contributed by atoms with Crippen molar-refractivity contribution in [3.8, 4) is 5.75 Å². The van der Waals surface area contributed by atoms with E-state index in [4.69, 9.17) is 0 Å². The number of hydrogen-bond acceptors (Lipinski definition) is 3. The first-order valence-corrected chi connectivity index (χ1v) is 8.57. The molecule has 1 saturated heterocycles. The first-order valence-electron chi connectivity index (χ1n) is 8.57. The fraction of sp³-hybridized carbons (Fsp3) is 0.667. The van der Waals surface area contributed by atoms with Crippen LogP contribution in [0.5, 0.6) is 5.75 Å². The van der Waals surface area contributed by atoms with Gasteiger partial charge in [-0.1, -0.05) is 25.0 Å². The van der Waals surface area contributed by atoms with Crippen molar-refractivity contribution in [2.45, 2.75) is 57.0 Å². The fourth-order valence-electron chi connectivity index (χ4n) is 4.04. The van der Waals surface area contributed by atoms with Crippen LogP contribution in [0.25, 0.3) is 0 Å². The van der Waals surface area contributed by atoms with E-state index in [1.54, 1.807) is 12.1 Å². The molecule has 21 heavy (non-hydrogen) atoms. The van der Waals surface area contributed by atoms with Crippen LogP contribution in [0.3, 0.4) is 0 Å². The van der Waals surface area contributed by atoms with Gasteiger partial charge in [-0.3, -0.25) is 0 Å². The van der Waals surface area contributed by atoms with Crippen LogP contribution in [0, 0.1) is 5.92 Å². The molecule has 0 aromatic heterocycles. The predicted molar refractivity (Wildman–Crippen MR) is 86.6 cm³/mol. The molecule has 0 spiro atoms. The summed E-state index contributed by atoms with van der Waals surface area (Å²) in [6.07, 6.45) is 9.25. The Morgan fingerprint density at radius 1 is 1.05 bits per heavy atom. The molecule has 1 aromatic rings. The van der Waals surface area contributed by atoms with Crippen molar-refractivity contribution in [1.29, 1.82) is 0 Å². The van der Waals surface area contributed by atoms with Gasteiger partial charge in [-0.2, -0.15) is 0 Å². The SMILES string of the molecule is Oc1ccc(CCNC2CCCCC2C2CCCN2)cc1. The average Bonchev–Trinajstić information content (AvgIpc) is 3.04. The Morgan fingerprint density at radius 2 is 1.86 bits per heavy atom. The maximum absolute atomic E-state index is 9.32. The number of benzene rings is 1. The second kappa shape index (κ2) is 7.28. The largest absolute Gasteiger partial charge is 0.508 e. The summed E-state index contributed by atoms with van der Waals surface area (Å²) >= 11 is 0. The number of phenolic OH excluding ortho intramolecular Hbond substituents is 1. The van der Waals surface area contributed by atoms with Crippen LogP contribution in [-0.4, -0.2) is 30.3 Å². The Hall–Kier alpha value is -1.06. The lowest BCUT2D eigenvalue weighted by molar-refractivity contribution is 0.216. The average molecular weight is 288 g/mol. The van der Waals surface area contributed by atoms with E-state index in [2.05, 4.69) is 10.6 Å². The molecule has 1 heterocycles. The number of phenols is 1. The summed E-state index contributed by atoms with van der Waals surface area (Å²) in [5, 5.41) is 16.8. The van der Waals surface area contributed by atoms with E-state index < -0.39 is 0 Å². The molecule has 3 heteroatoms. The Morgan fingerprint density at radius 3 is 2.62 bits per heavy atom. The molecule has 1 saturated carbocycles. The van der Waals surface area contributed by atoms with Crippen molar-refractivity contribution < 1.29 is 5.11 Å². The number of nitrogens with one attached hydrogen (secondary N) is 2. The second-order valence-electron chi connectivity index (χ2n) is 6.63. The van der Waals surface area contributed by atoms with E-state index >= 15 is 0 Å². The van der Waals surface area contributed by atoms with E-state index in [-0.39, 0.29) is 0 Å². The number of hydrogen-bond donors (Lipinski definition) is 3. The van der Waals surface area contributed by atoms with E-state index in [0.29, 0.717) is 11.8 Å². The monoisotopic (exact) mass is 288 g/mol. The maximum Gasteiger partial charge on any atom is 0.115 e. The number of aromatic hydroxyl groups is 1. The number of rotatable bonds is 5. The van der Waals surface area contributed by atoms with Crippen molar-refractivity contribution in [3.63, 3.8) is 0 Å². The second-order valence-corrected chi connectivity index (χ2v) is 6.63. The minimum Gasteiger partial charge on any atom is -0.508 e. The van der Waals surface area contributed by atoms with Crippen LogP contribution in [0.1, 0.15) is 44.1 Å². The van der Waals surface area contributed by atoms with Gasteiger partial charge in [0.05, 0.1) is 0 Å². The molecular weight excluding hydrogens is 260 g/mol. The van der Waals surface area contributed by atoms with Crippen LogP contribution < -0.4 is 10.6 Å². The molecule has 1 aliphatic heterocycles. The molecule has 116 valence electrons. The van der Waals surface area contributed by atoms with Crippen LogP contribution in [0.2, 0.25) is 0 Å². The van der Waals surface area contributed by atoms with Gasteiger partial charge >= 0.3 is 0 Å². The highest BCUT2D eigenvalue weighted by Gasteiger charge is 2.32. The molecular formula is C18H28N2O. The highest BCUT2D eigenvalue weighted by Crippen LogP contribution is 2.30. The first kappa shape index (κ1) is 14.9. The molecule has 3 unspecified atom stereocenters. The standard InChI is InChI=1S/C18H28N2O/c21-15-9-7-14(8-10-15)11-13-20-17-5-2-1-4-16(17)18-6-3-12-19-18/h7-10,16-21H,1-6,11-13H2. The molecule has 3 rings (SSSR count). The zero-order valence-electron chi connectivity index (χ0n) is 12.9. The normalized spacial score (nSPS) is 29.6.